The van der Waals surface area contributed by atoms with Gasteiger partial charge in [0, 0.05) is 24.7 Å². The molecule has 1 amide bonds. The summed E-state index contributed by atoms with van der Waals surface area (Å²) >= 11 is 0. The maximum Gasteiger partial charge on any atom is 0.253 e. The first-order valence-electron chi connectivity index (χ1n) is 8.12. The third-order valence-corrected chi connectivity index (χ3v) is 4.63. The van der Waals surface area contributed by atoms with Gasteiger partial charge in [0.05, 0.1) is 11.0 Å². The fourth-order valence-corrected chi connectivity index (χ4v) is 3.42. The lowest BCUT2D eigenvalue weighted by Crippen LogP contribution is -2.38. The normalized spacial score (nSPS) is 18.5. The number of imidazole rings is 1. The number of fused-ring (bicyclic) bond motifs is 1. The highest BCUT2D eigenvalue weighted by molar-refractivity contribution is 5.97. The second-order valence-corrected chi connectivity index (χ2v) is 5.97. The Kier molecular flexibility index (Phi) is 4.16. The Labute approximate surface area is 131 Å². The lowest BCUT2D eigenvalue weighted by Gasteiger charge is -2.26. The maximum atomic E-state index is 12.7. The van der Waals surface area contributed by atoms with Crippen LogP contribution in [0.3, 0.4) is 0 Å². The second-order valence-electron chi connectivity index (χ2n) is 5.97. The van der Waals surface area contributed by atoms with E-state index >= 15 is 0 Å². The monoisotopic (exact) mass is 300 g/mol. The summed E-state index contributed by atoms with van der Waals surface area (Å²) in [5, 5.41) is 0. The Morgan fingerprint density at radius 2 is 2.18 bits per heavy atom. The number of carbonyl (C=O) groups excluding carboxylic acids is 1. The van der Waals surface area contributed by atoms with Crippen LogP contribution in [0.4, 0.5) is 0 Å². The number of likely N-dealkylation sites (N-methyl/N-ethyl adjacent to an activating group) is 1. The first-order chi connectivity index (χ1) is 10.6. The summed E-state index contributed by atoms with van der Waals surface area (Å²) < 4.78 is 0. The molecule has 0 saturated carbocycles. The minimum Gasteiger partial charge on any atom is -0.342 e. The average Bonchev–Trinajstić information content (AvgIpc) is 3.12. The zero-order chi connectivity index (χ0) is 15.7. The molecule has 3 rings (SSSR count). The van der Waals surface area contributed by atoms with Gasteiger partial charge in [-0.25, -0.2) is 4.98 Å². The fraction of sp³-hybridized carbons (Fsp3) is 0.529. The summed E-state index contributed by atoms with van der Waals surface area (Å²) in [5.41, 5.74) is 2.59. The van der Waals surface area contributed by atoms with Crippen molar-refractivity contribution in [3.05, 3.63) is 29.6 Å². The van der Waals surface area contributed by atoms with E-state index in [0.717, 1.165) is 55.0 Å². The SMILES string of the molecule is CCN(CC)C1CCN(C(=O)c2ccc3nc(C)[nH]c3c2)C1. The molecule has 1 fully saturated rings. The number of benzene rings is 1. The lowest BCUT2D eigenvalue weighted by molar-refractivity contribution is 0.0778. The second kappa shape index (κ2) is 6.08. The molecule has 1 N–H and O–H groups in total. The fourth-order valence-electron chi connectivity index (χ4n) is 3.42. The van der Waals surface area contributed by atoms with Crippen LogP contribution in [-0.2, 0) is 0 Å². The number of aryl methyl sites for hydroxylation is 1. The minimum atomic E-state index is 0.129. The smallest absolute Gasteiger partial charge is 0.253 e. The van der Waals surface area contributed by atoms with Crippen LogP contribution in [0.25, 0.3) is 11.0 Å². The lowest BCUT2D eigenvalue weighted by atomic mass is 10.2. The zero-order valence-electron chi connectivity index (χ0n) is 13.6. The molecular weight excluding hydrogens is 276 g/mol. The van der Waals surface area contributed by atoms with Crippen LogP contribution >= 0.6 is 0 Å². The number of nitrogens with zero attached hydrogens (tertiary/aromatic N) is 3. The van der Waals surface area contributed by atoms with Gasteiger partial charge in [0.15, 0.2) is 0 Å². The Morgan fingerprint density at radius 1 is 1.41 bits per heavy atom. The van der Waals surface area contributed by atoms with Gasteiger partial charge >= 0.3 is 0 Å². The number of amides is 1. The summed E-state index contributed by atoms with van der Waals surface area (Å²) in [4.78, 5) is 24.7. The number of aromatic amines is 1. The van der Waals surface area contributed by atoms with Gasteiger partial charge in [-0.2, -0.15) is 0 Å². The van der Waals surface area contributed by atoms with Crippen LogP contribution in [0.15, 0.2) is 18.2 Å². The molecule has 1 saturated heterocycles. The molecule has 1 aliphatic rings. The van der Waals surface area contributed by atoms with Gasteiger partial charge in [0.1, 0.15) is 5.82 Å². The van der Waals surface area contributed by atoms with Gasteiger partial charge in [0.2, 0.25) is 0 Å². The van der Waals surface area contributed by atoms with Gasteiger partial charge in [-0.05, 0) is 44.6 Å². The van der Waals surface area contributed by atoms with E-state index in [2.05, 4.69) is 28.7 Å². The van der Waals surface area contributed by atoms with Gasteiger partial charge in [0.25, 0.3) is 5.91 Å². The summed E-state index contributed by atoms with van der Waals surface area (Å²) in [5.74, 6) is 1.01. The Balaban J connectivity index is 1.75. The molecule has 5 nitrogen and oxygen atoms in total. The van der Waals surface area contributed by atoms with Crippen LogP contribution < -0.4 is 0 Å². The average molecular weight is 300 g/mol. The highest BCUT2D eigenvalue weighted by atomic mass is 16.2. The van der Waals surface area contributed by atoms with Crippen LogP contribution in [0.5, 0.6) is 0 Å². The van der Waals surface area contributed by atoms with Crippen molar-refractivity contribution in [1.82, 2.24) is 19.8 Å². The van der Waals surface area contributed by atoms with Crippen LogP contribution in [0.2, 0.25) is 0 Å². The van der Waals surface area contributed by atoms with E-state index in [-0.39, 0.29) is 5.91 Å². The molecule has 5 heteroatoms. The predicted molar refractivity (Wildman–Crippen MR) is 88.1 cm³/mol. The number of aromatic nitrogens is 2. The first-order valence-corrected chi connectivity index (χ1v) is 8.12. The number of carbonyl (C=O) groups is 1. The van der Waals surface area contributed by atoms with Crippen molar-refractivity contribution in [2.75, 3.05) is 26.2 Å². The van der Waals surface area contributed by atoms with Gasteiger partial charge in [-0.1, -0.05) is 13.8 Å². The topological polar surface area (TPSA) is 52.2 Å². The molecule has 0 aliphatic carbocycles. The molecule has 0 spiro atoms. The summed E-state index contributed by atoms with van der Waals surface area (Å²) in [6.07, 6.45) is 1.07. The van der Waals surface area contributed by atoms with Crippen molar-refractivity contribution in [3.63, 3.8) is 0 Å². The Hall–Kier alpha value is -1.88. The number of nitrogens with one attached hydrogen (secondary N) is 1. The molecule has 1 atom stereocenters. The molecule has 1 aliphatic heterocycles. The highest BCUT2D eigenvalue weighted by Crippen LogP contribution is 2.20. The molecule has 22 heavy (non-hydrogen) atoms. The first kappa shape index (κ1) is 15.0. The number of hydrogen-bond donors (Lipinski definition) is 1. The third kappa shape index (κ3) is 2.73. The quantitative estimate of drug-likeness (QED) is 0.943. The van der Waals surface area contributed by atoms with Gasteiger partial charge < -0.3 is 9.88 Å². The van der Waals surface area contributed by atoms with Gasteiger partial charge in [-0.15, -0.1) is 0 Å². The number of H-pyrrole nitrogens is 1. The van der Waals surface area contributed by atoms with E-state index in [1.54, 1.807) is 0 Å². The van der Waals surface area contributed by atoms with Crippen molar-refractivity contribution in [2.45, 2.75) is 33.2 Å². The molecule has 0 radical (unpaired) electrons. The van der Waals surface area contributed by atoms with Crippen molar-refractivity contribution >= 4 is 16.9 Å². The van der Waals surface area contributed by atoms with E-state index in [4.69, 9.17) is 0 Å². The van der Waals surface area contributed by atoms with Crippen LogP contribution in [0.1, 0.15) is 36.5 Å². The molecule has 0 bridgehead atoms. The largest absolute Gasteiger partial charge is 0.342 e. The Morgan fingerprint density at radius 3 is 2.91 bits per heavy atom. The van der Waals surface area contributed by atoms with E-state index in [9.17, 15) is 4.79 Å². The molecule has 1 unspecified atom stereocenters. The molecule has 2 heterocycles. The van der Waals surface area contributed by atoms with Gasteiger partial charge in [-0.3, -0.25) is 9.69 Å². The molecule has 1 aromatic carbocycles. The molecule has 1 aromatic heterocycles. The van der Waals surface area contributed by atoms with E-state index < -0.39 is 0 Å². The van der Waals surface area contributed by atoms with Crippen LogP contribution in [0, 0.1) is 6.92 Å². The maximum absolute atomic E-state index is 12.7. The summed E-state index contributed by atoms with van der Waals surface area (Å²) in [6, 6.07) is 6.22. The number of hydrogen-bond acceptors (Lipinski definition) is 3. The minimum absolute atomic E-state index is 0.129. The Bertz CT molecular complexity index is 674. The van der Waals surface area contributed by atoms with E-state index in [1.807, 2.05) is 30.0 Å². The number of rotatable bonds is 4. The zero-order valence-corrected chi connectivity index (χ0v) is 13.6. The summed E-state index contributed by atoms with van der Waals surface area (Å²) in [6.45, 7) is 10.1. The van der Waals surface area contributed by atoms with Crippen LogP contribution in [-0.4, -0.2) is 57.9 Å². The summed E-state index contributed by atoms with van der Waals surface area (Å²) in [7, 11) is 0. The molecule has 118 valence electrons. The van der Waals surface area contributed by atoms with Crippen molar-refractivity contribution in [1.29, 1.82) is 0 Å². The third-order valence-electron chi connectivity index (χ3n) is 4.63. The number of likely N-dealkylation sites (tertiary alicyclic amines) is 1. The van der Waals surface area contributed by atoms with E-state index in [1.165, 1.54) is 0 Å². The standard InChI is InChI=1S/C17H24N4O/c1-4-20(5-2)14-8-9-21(11-14)17(22)13-6-7-15-16(10-13)19-12(3)18-15/h6-7,10,14H,4-5,8-9,11H2,1-3H3,(H,18,19). The van der Waals surface area contributed by atoms with E-state index in [0.29, 0.717) is 6.04 Å². The molecule has 2 aromatic rings. The van der Waals surface area contributed by atoms with Crippen molar-refractivity contribution in [2.24, 2.45) is 0 Å². The molecular formula is C17H24N4O. The van der Waals surface area contributed by atoms with Crippen molar-refractivity contribution in [3.8, 4) is 0 Å². The highest BCUT2D eigenvalue weighted by Gasteiger charge is 2.29. The van der Waals surface area contributed by atoms with Crippen molar-refractivity contribution < 1.29 is 4.79 Å². The predicted octanol–water partition coefficient (Wildman–Crippen LogP) is 2.43.